The first kappa shape index (κ1) is 13.0. The molecule has 78 valence electrons. The molecule has 0 saturated heterocycles. The Morgan fingerprint density at radius 2 is 1.64 bits per heavy atom. The van der Waals surface area contributed by atoms with Gasteiger partial charge in [-0.15, -0.1) is 0 Å². The summed E-state index contributed by atoms with van der Waals surface area (Å²) in [6, 6.07) is 0. The molecular formula is C14H22. The van der Waals surface area contributed by atoms with Crippen LogP contribution < -0.4 is 0 Å². The smallest absolute Gasteiger partial charge is 0.0111 e. The van der Waals surface area contributed by atoms with Crippen molar-refractivity contribution >= 4 is 0 Å². The van der Waals surface area contributed by atoms with Crippen molar-refractivity contribution in [1.82, 2.24) is 0 Å². The fourth-order valence-electron chi connectivity index (χ4n) is 1.61. The van der Waals surface area contributed by atoms with Gasteiger partial charge in [0.2, 0.25) is 0 Å². The molecule has 0 heterocycles. The van der Waals surface area contributed by atoms with E-state index in [9.17, 15) is 0 Å². The largest absolute Gasteiger partial charge is 0.0987 e. The van der Waals surface area contributed by atoms with Crippen molar-refractivity contribution in [3.05, 3.63) is 48.1 Å². The first-order valence-electron chi connectivity index (χ1n) is 5.22. The second-order valence-electron chi connectivity index (χ2n) is 3.73. The summed E-state index contributed by atoms with van der Waals surface area (Å²) in [6.07, 6.45) is 6.02. The lowest BCUT2D eigenvalue weighted by Crippen LogP contribution is -2.11. The molecule has 0 unspecified atom stereocenters. The summed E-state index contributed by atoms with van der Waals surface area (Å²) in [5.41, 5.74) is 4.03. The quantitative estimate of drug-likeness (QED) is 0.593. The van der Waals surface area contributed by atoms with E-state index in [0.717, 1.165) is 0 Å². The monoisotopic (exact) mass is 190 g/mol. The first-order valence-corrected chi connectivity index (χ1v) is 5.22. The lowest BCUT2D eigenvalue weighted by molar-refractivity contribution is 0.563. The fourth-order valence-corrected chi connectivity index (χ4v) is 1.61. The van der Waals surface area contributed by atoms with Crippen molar-refractivity contribution in [1.29, 1.82) is 0 Å². The second kappa shape index (κ2) is 4.99. The van der Waals surface area contributed by atoms with Gasteiger partial charge < -0.3 is 0 Å². The molecule has 14 heavy (non-hydrogen) atoms. The zero-order chi connectivity index (χ0) is 11.4. The van der Waals surface area contributed by atoms with Gasteiger partial charge in [0.05, 0.1) is 0 Å². The van der Waals surface area contributed by atoms with Gasteiger partial charge in [0.25, 0.3) is 0 Å². The van der Waals surface area contributed by atoms with Crippen LogP contribution in [0.25, 0.3) is 0 Å². The van der Waals surface area contributed by atoms with Crippen LogP contribution >= 0.6 is 0 Å². The van der Waals surface area contributed by atoms with Crippen LogP contribution in [0.3, 0.4) is 0 Å². The maximum Gasteiger partial charge on any atom is 0.0111 e. The van der Waals surface area contributed by atoms with Gasteiger partial charge in [-0.05, 0) is 18.1 Å². The molecule has 0 aromatic rings. The number of allylic oxidation sites excluding steroid dienone is 6. The second-order valence-corrected chi connectivity index (χ2v) is 3.73. The van der Waals surface area contributed by atoms with Crippen molar-refractivity contribution in [3.8, 4) is 0 Å². The summed E-state index contributed by atoms with van der Waals surface area (Å²) in [6.45, 7) is 18.2. The molecule has 0 heteroatoms. The highest BCUT2D eigenvalue weighted by atomic mass is 14.3. The summed E-state index contributed by atoms with van der Waals surface area (Å²) < 4.78 is 0. The zero-order valence-electron chi connectivity index (χ0n) is 10.1. The van der Waals surface area contributed by atoms with E-state index < -0.39 is 0 Å². The Morgan fingerprint density at radius 1 is 1.14 bits per heavy atom. The molecule has 0 radical (unpaired) electrons. The zero-order valence-corrected chi connectivity index (χ0v) is 10.1. The van der Waals surface area contributed by atoms with Crippen LogP contribution in [0.2, 0.25) is 0 Å². The minimum absolute atomic E-state index is 0.144. The van der Waals surface area contributed by atoms with Crippen molar-refractivity contribution in [2.75, 3.05) is 0 Å². The van der Waals surface area contributed by atoms with Gasteiger partial charge in [-0.1, -0.05) is 64.7 Å². The van der Waals surface area contributed by atoms with E-state index in [4.69, 9.17) is 0 Å². The van der Waals surface area contributed by atoms with E-state index in [0.29, 0.717) is 0 Å². The lowest BCUT2D eigenvalue weighted by atomic mass is 9.81. The summed E-state index contributed by atoms with van der Waals surface area (Å²) in [7, 11) is 0. The summed E-state index contributed by atoms with van der Waals surface area (Å²) in [5, 5.41) is 0. The molecule has 0 fully saturated rings. The third-order valence-corrected chi connectivity index (χ3v) is 2.77. The molecule has 0 aromatic carbocycles. The predicted octanol–water partition coefficient (Wildman–Crippen LogP) is 4.67. The first-order chi connectivity index (χ1) is 6.54. The highest BCUT2D eigenvalue weighted by Gasteiger charge is 2.29. The molecule has 0 aliphatic heterocycles. The Morgan fingerprint density at radius 3 is 1.93 bits per heavy atom. The fraction of sp³-hybridized carbons (Fsp3) is 0.429. The van der Waals surface area contributed by atoms with Gasteiger partial charge in [-0.3, -0.25) is 0 Å². The SMILES string of the molecule is C=CC1=C(C=C)C(C)(C)C(C)=C1.CC. The van der Waals surface area contributed by atoms with Crippen molar-refractivity contribution in [2.45, 2.75) is 34.6 Å². The Balaban J connectivity index is 0.000000791. The van der Waals surface area contributed by atoms with E-state index in [1.54, 1.807) is 0 Å². The molecule has 1 aliphatic rings. The number of hydrogen-bond donors (Lipinski definition) is 0. The minimum atomic E-state index is 0.144. The van der Waals surface area contributed by atoms with Gasteiger partial charge in [0.1, 0.15) is 0 Å². The van der Waals surface area contributed by atoms with Crippen LogP contribution in [0, 0.1) is 5.41 Å². The maximum absolute atomic E-state index is 3.83. The normalized spacial score (nSPS) is 18.2. The van der Waals surface area contributed by atoms with Gasteiger partial charge in [-0.25, -0.2) is 0 Å². The number of rotatable bonds is 2. The molecule has 1 aliphatic carbocycles. The molecule has 0 aromatic heterocycles. The topological polar surface area (TPSA) is 0 Å². The standard InChI is InChI=1S/C12H16.C2H6/c1-6-10-8-9(3)12(4,5)11(10)7-2;1-2/h6-8H,1-2H2,3-5H3;1-2H3. The van der Waals surface area contributed by atoms with E-state index in [1.165, 1.54) is 16.7 Å². The third-order valence-electron chi connectivity index (χ3n) is 2.77. The number of hydrogen-bond acceptors (Lipinski definition) is 0. The third kappa shape index (κ3) is 2.06. The maximum atomic E-state index is 3.83. The Hall–Kier alpha value is -1.04. The highest BCUT2D eigenvalue weighted by Crippen LogP contribution is 2.43. The van der Waals surface area contributed by atoms with Crippen molar-refractivity contribution < 1.29 is 0 Å². The average Bonchev–Trinajstić information content (AvgIpc) is 2.40. The van der Waals surface area contributed by atoms with Gasteiger partial charge >= 0.3 is 0 Å². The van der Waals surface area contributed by atoms with Crippen LogP contribution in [0.1, 0.15) is 34.6 Å². The molecule has 0 amide bonds. The van der Waals surface area contributed by atoms with Crippen LogP contribution in [0.4, 0.5) is 0 Å². The lowest BCUT2D eigenvalue weighted by Gasteiger charge is -2.23. The van der Waals surface area contributed by atoms with E-state index in [2.05, 4.69) is 40.0 Å². The van der Waals surface area contributed by atoms with Crippen LogP contribution in [-0.4, -0.2) is 0 Å². The van der Waals surface area contributed by atoms with Crippen LogP contribution in [0.5, 0.6) is 0 Å². The molecule has 0 atom stereocenters. The van der Waals surface area contributed by atoms with Crippen LogP contribution in [0.15, 0.2) is 48.1 Å². The van der Waals surface area contributed by atoms with Crippen molar-refractivity contribution in [3.63, 3.8) is 0 Å². The van der Waals surface area contributed by atoms with Crippen LogP contribution in [-0.2, 0) is 0 Å². The minimum Gasteiger partial charge on any atom is -0.0987 e. The summed E-state index contributed by atoms with van der Waals surface area (Å²) in [5.74, 6) is 0. The predicted molar refractivity (Wildman–Crippen MR) is 66.3 cm³/mol. The van der Waals surface area contributed by atoms with Crippen molar-refractivity contribution in [2.24, 2.45) is 5.41 Å². The van der Waals surface area contributed by atoms with Gasteiger partial charge in [-0.2, -0.15) is 0 Å². The Kier molecular flexibility index (Phi) is 4.62. The molecule has 0 nitrogen and oxygen atoms in total. The molecule has 0 saturated carbocycles. The van der Waals surface area contributed by atoms with E-state index in [1.807, 2.05) is 26.0 Å². The summed E-state index contributed by atoms with van der Waals surface area (Å²) in [4.78, 5) is 0. The highest BCUT2D eigenvalue weighted by molar-refractivity contribution is 5.53. The Bertz CT molecular complexity index is 285. The summed E-state index contributed by atoms with van der Waals surface area (Å²) >= 11 is 0. The Labute approximate surface area is 88.7 Å². The molecular weight excluding hydrogens is 168 g/mol. The van der Waals surface area contributed by atoms with E-state index >= 15 is 0 Å². The molecule has 0 spiro atoms. The van der Waals surface area contributed by atoms with E-state index in [-0.39, 0.29) is 5.41 Å². The average molecular weight is 190 g/mol. The molecule has 0 N–H and O–H groups in total. The van der Waals surface area contributed by atoms with Gasteiger partial charge in [0.15, 0.2) is 0 Å². The van der Waals surface area contributed by atoms with Gasteiger partial charge in [0, 0.05) is 5.41 Å². The molecule has 0 bridgehead atoms. The molecule has 1 rings (SSSR count).